The van der Waals surface area contributed by atoms with Crippen molar-refractivity contribution in [1.29, 1.82) is 0 Å². The number of hydrogen-bond acceptors (Lipinski definition) is 6. The molecular weight excluding hydrogens is 262 g/mol. The third-order valence-corrected chi connectivity index (χ3v) is 2.75. The molecule has 0 aliphatic rings. The highest BCUT2D eigenvalue weighted by Crippen LogP contribution is 2.25. The Bertz CT molecular complexity index is 484. The highest BCUT2D eigenvalue weighted by Gasteiger charge is 2.15. The molecule has 0 aliphatic carbocycles. The largest absolute Gasteiger partial charge is 0.497 e. The molecule has 110 valence electrons. The molecule has 0 fully saturated rings. The van der Waals surface area contributed by atoms with Crippen LogP contribution >= 0.6 is 0 Å². The van der Waals surface area contributed by atoms with Gasteiger partial charge < -0.3 is 19.4 Å². The van der Waals surface area contributed by atoms with Crippen LogP contribution in [0.1, 0.15) is 18.9 Å². The van der Waals surface area contributed by atoms with E-state index in [0.29, 0.717) is 17.9 Å². The fourth-order valence-electron chi connectivity index (χ4n) is 1.74. The molecule has 6 nitrogen and oxygen atoms in total. The maximum Gasteiger partial charge on any atom is 0.356 e. The van der Waals surface area contributed by atoms with Gasteiger partial charge in [-0.3, -0.25) is 0 Å². The average molecular weight is 281 g/mol. The van der Waals surface area contributed by atoms with Crippen LogP contribution in [0.5, 0.6) is 11.5 Å². The minimum absolute atomic E-state index is 0.0169. The van der Waals surface area contributed by atoms with Crippen LogP contribution in [-0.4, -0.2) is 37.7 Å². The van der Waals surface area contributed by atoms with Crippen LogP contribution in [0, 0.1) is 0 Å². The van der Waals surface area contributed by atoms with E-state index in [9.17, 15) is 4.79 Å². The first kappa shape index (κ1) is 15.8. The maximum absolute atomic E-state index is 11.5. The summed E-state index contributed by atoms with van der Waals surface area (Å²) in [5.74, 6) is 0.767. The van der Waals surface area contributed by atoms with Gasteiger partial charge in [0.1, 0.15) is 11.5 Å². The van der Waals surface area contributed by atoms with Crippen LogP contribution in [-0.2, 0) is 16.0 Å². The number of carbonyl (C=O) groups excluding carboxylic acids is 1. The predicted molar refractivity (Wildman–Crippen MR) is 73.7 cm³/mol. The lowest BCUT2D eigenvalue weighted by Gasteiger charge is -2.10. The van der Waals surface area contributed by atoms with E-state index in [1.807, 2.05) is 6.07 Å². The van der Waals surface area contributed by atoms with E-state index in [2.05, 4.69) is 5.16 Å². The number of oxime groups is 1. The standard InChI is InChI=1S/C14H19NO5/c1-4-20-14(16)12(15-17)7-5-10-9-11(18-2)6-8-13(10)19-3/h6,8-9,17H,4-5,7H2,1-3H3/b15-12-. The number of ether oxygens (including phenoxy) is 3. The van der Waals surface area contributed by atoms with Crippen LogP contribution in [0.25, 0.3) is 0 Å². The number of aryl methyl sites for hydroxylation is 1. The quantitative estimate of drug-likeness (QED) is 0.358. The van der Waals surface area contributed by atoms with Gasteiger partial charge >= 0.3 is 5.97 Å². The van der Waals surface area contributed by atoms with Crippen molar-refractivity contribution in [1.82, 2.24) is 0 Å². The van der Waals surface area contributed by atoms with Gasteiger partial charge in [0.2, 0.25) is 0 Å². The Hall–Kier alpha value is -2.24. The molecule has 0 aromatic heterocycles. The Morgan fingerprint density at radius 2 is 2.05 bits per heavy atom. The third-order valence-electron chi connectivity index (χ3n) is 2.75. The summed E-state index contributed by atoms with van der Waals surface area (Å²) in [7, 11) is 3.14. The summed E-state index contributed by atoms with van der Waals surface area (Å²) in [6, 6.07) is 5.39. The Kier molecular flexibility index (Phi) is 6.36. The lowest BCUT2D eigenvalue weighted by Crippen LogP contribution is -2.18. The second-order valence-corrected chi connectivity index (χ2v) is 3.94. The molecule has 0 aliphatic heterocycles. The van der Waals surface area contributed by atoms with E-state index >= 15 is 0 Å². The van der Waals surface area contributed by atoms with Crippen LogP contribution < -0.4 is 9.47 Å². The highest BCUT2D eigenvalue weighted by molar-refractivity contribution is 6.36. The van der Waals surface area contributed by atoms with E-state index in [1.165, 1.54) is 0 Å². The number of carbonyl (C=O) groups is 1. The number of hydrogen-bond donors (Lipinski definition) is 1. The zero-order valence-corrected chi connectivity index (χ0v) is 11.9. The van der Waals surface area contributed by atoms with Gasteiger partial charge in [-0.25, -0.2) is 4.79 Å². The number of benzene rings is 1. The normalized spacial score (nSPS) is 11.1. The molecule has 20 heavy (non-hydrogen) atoms. The fourth-order valence-corrected chi connectivity index (χ4v) is 1.74. The van der Waals surface area contributed by atoms with E-state index in [0.717, 1.165) is 5.56 Å². The molecule has 0 spiro atoms. The fraction of sp³-hybridized carbons (Fsp3) is 0.429. The zero-order chi connectivity index (χ0) is 15.0. The number of nitrogens with zero attached hydrogens (tertiary/aromatic N) is 1. The van der Waals surface area contributed by atoms with Gasteiger partial charge in [0, 0.05) is 6.42 Å². The smallest absolute Gasteiger partial charge is 0.356 e. The molecule has 6 heteroatoms. The SMILES string of the molecule is CCOC(=O)/C(CCc1cc(OC)ccc1OC)=N\O. The van der Waals surface area contributed by atoms with E-state index in [4.69, 9.17) is 19.4 Å². The molecule has 1 aromatic carbocycles. The van der Waals surface area contributed by atoms with Crippen molar-refractivity contribution in [2.24, 2.45) is 5.16 Å². The van der Waals surface area contributed by atoms with Gasteiger partial charge in [-0.15, -0.1) is 0 Å². The topological polar surface area (TPSA) is 77.4 Å². The molecule has 1 aromatic rings. The van der Waals surface area contributed by atoms with Crippen molar-refractivity contribution in [3.8, 4) is 11.5 Å². The summed E-state index contributed by atoms with van der Waals surface area (Å²) in [6.07, 6.45) is 0.720. The molecule has 0 amide bonds. The maximum atomic E-state index is 11.5. The number of esters is 1. The van der Waals surface area contributed by atoms with Gasteiger partial charge in [-0.05, 0) is 37.1 Å². The first-order chi connectivity index (χ1) is 9.65. The first-order valence-electron chi connectivity index (χ1n) is 6.25. The molecule has 0 saturated heterocycles. The average Bonchev–Trinajstić information content (AvgIpc) is 2.47. The number of methoxy groups -OCH3 is 2. The van der Waals surface area contributed by atoms with Gasteiger partial charge in [-0.2, -0.15) is 0 Å². The van der Waals surface area contributed by atoms with Crippen LogP contribution in [0.15, 0.2) is 23.4 Å². The minimum Gasteiger partial charge on any atom is -0.497 e. The van der Waals surface area contributed by atoms with Gasteiger partial charge in [0.15, 0.2) is 5.71 Å². The van der Waals surface area contributed by atoms with Crippen LogP contribution in [0.2, 0.25) is 0 Å². The van der Waals surface area contributed by atoms with Crippen LogP contribution in [0.3, 0.4) is 0 Å². The second kappa shape index (κ2) is 8.04. The Morgan fingerprint density at radius 3 is 2.60 bits per heavy atom. The lowest BCUT2D eigenvalue weighted by molar-refractivity contribution is -0.135. The van der Waals surface area contributed by atoms with E-state index in [1.54, 1.807) is 33.3 Å². The molecule has 0 atom stereocenters. The number of rotatable bonds is 7. The first-order valence-corrected chi connectivity index (χ1v) is 6.25. The monoisotopic (exact) mass is 281 g/mol. The van der Waals surface area contributed by atoms with Gasteiger partial charge in [0.25, 0.3) is 0 Å². The summed E-state index contributed by atoms with van der Waals surface area (Å²) < 4.78 is 15.2. The van der Waals surface area contributed by atoms with Crippen molar-refractivity contribution in [3.63, 3.8) is 0 Å². The third kappa shape index (κ3) is 4.15. The zero-order valence-electron chi connectivity index (χ0n) is 11.9. The lowest BCUT2D eigenvalue weighted by atomic mass is 10.1. The highest BCUT2D eigenvalue weighted by atomic mass is 16.5. The van der Waals surface area contributed by atoms with Crippen molar-refractivity contribution < 1.29 is 24.2 Å². The molecule has 1 rings (SSSR count). The summed E-state index contributed by atoms with van der Waals surface area (Å²) in [5.41, 5.74) is 0.842. The molecule has 1 N–H and O–H groups in total. The minimum atomic E-state index is -0.614. The van der Waals surface area contributed by atoms with Gasteiger partial charge in [-0.1, -0.05) is 5.16 Å². The summed E-state index contributed by atoms with van der Waals surface area (Å²) in [5, 5.41) is 11.8. The second-order valence-electron chi connectivity index (χ2n) is 3.94. The predicted octanol–water partition coefficient (Wildman–Crippen LogP) is 2.03. The van der Waals surface area contributed by atoms with Crippen LogP contribution in [0.4, 0.5) is 0 Å². The Morgan fingerprint density at radius 1 is 1.30 bits per heavy atom. The summed E-state index contributed by atoms with van der Waals surface area (Å²) in [6.45, 7) is 1.93. The molecule has 0 bridgehead atoms. The summed E-state index contributed by atoms with van der Waals surface area (Å²) in [4.78, 5) is 11.5. The van der Waals surface area contributed by atoms with E-state index < -0.39 is 5.97 Å². The van der Waals surface area contributed by atoms with Gasteiger partial charge in [0.05, 0.1) is 20.8 Å². The molecule has 0 unspecified atom stereocenters. The van der Waals surface area contributed by atoms with Crippen molar-refractivity contribution in [2.45, 2.75) is 19.8 Å². The van der Waals surface area contributed by atoms with Crippen molar-refractivity contribution in [3.05, 3.63) is 23.8 Å². The van der Waals surface area contributed by atoms with Crippen molar-refractivity contribution >= 4 is 11.7 Å². The Labute approximate surface area is 117 Å². The summed E-state index contributed by atoms with van der Waals surface area (Å²) >= 11 is 0. The van der Waals surface area contributed by atoms with E-state index in [-0.39, 0.29) is 18.7 Å². The molecule has 0 radical (unpaired) electrons. The molecule has 0 heterocycles. The molecular formula is C14H19NO5. The Balaban J connectivity index is 2.79. The molecule has 0 saturated carbocycles. The van der Waals surface area contributed by atoms with Crippen molar-refractivity contribution in [2.75, 3.05) is 20.8 Å².